The van der Waals surface area contributed by atoms with E-state index in [1.807, 2.05) is 31.2 Å². The van der Waals surface area contributed by atoms with Crippen molar-refractivity contribution in [2.24, 2.45) is 0 Å². The number of nitrogens with zero attached hydrogens (tertiary/aromatic N) is 1. The van der Waals surface area contributed by atoms with E-state index in [9.17, 15) is 4.79 Å². The van der Waals surface area contributed by atoms with Crippen molar-refractivity contribution in [1.82, 2.24) is 4.98 Å². The van der Waals surface area contributed by atoms with Gasteiger partial charge in [0, 0.05) is 4.90 Å². The maximum atomic E-state index is 10.6. The number of aryl methyl sites for hydroxylation is 1. The van der Waals surface area contributed by atoms with Gasteiger partial charge in [-0.3, -0.25) is 0 Å². The second kappa shape index (κ2) is 4.40. The molecule has 1 aromatic heterocycles. The fraction of sp³-hybridized carbons (Fsp3) is 0.0909. The van der Waals surface area contributed by atoms with Gasteiger partial charge in [0.15, 0.2) is 5.69 Å². The van der Waals surface area contributed by atoms with E-state index >= 15 is 0 Å². The number of benzene rings is 1. The number of carbonyl (C=O) groups is 1. The molecule has 0 radical (unpaired) electrons. The van der Waals surface area contributed by atoms with Gasteiger partial charge in [0.1, 0.15) is 6.26 Å². The highest BCUT2D eigenvalue weighted by Crippen LogP contribution is 2.27. The third-order valence-electron chi connectivity index (χ3n) is 1.90. The Bertz CT molecular complexity index is 521. The van der Waals surface area contributed by atoms with Crippen molar-refractivity contribution >= 4 is 17.7 Å². The highest BCUT2D eigenvalue weighted by atomic mass is 32.2. The van der Waals surface area contributed by atoms with Crippen molar-refractivity contribution < 1.29 is 14.3 Å². The van der Waals surface area contributed by atoms with Gasteiger partial charge < -0.3 is 9.52 Å². The number of hydrogen-bond acceptors (Lipinski definition) is 4. The first kappa shape index (κ1) is 10.8. The van der Waals surface area contributed by atoms with Crippen molar-refractivity contribution in [2.45, 2.75) is 17.0 Å². The Balaban J connectivity index is 2.17. The lowest BCUT2D eigenvalue weighted by atomic mass is 10.2. The number of carboxylic acids is 1. The van der Waals surface area contributed by atoms with Gasteiger partial charge in [0.2, 0.25) is 0 Å². The molecule has 0 aliphatic carbocycles. The van der Waals surface area contributed by atoms with Crippen LogP contribution in [0.3, 0.4) is 0 Å². The molecule has 0 saturated heterocycles. The molecule has 0 aliphatic heterocycles. The minimum Gasteiger partial charge on any atom is -0.476 e. The average Bonchev–Trinajstić information content (AvgIpc) is 2.66. The van der Waals surface area contributed by atoms with Crippen LogP contribution in [0.1, 0.15) is 16.1 Å². The van der Waals surface area contributed by atoms with Gasteiger partial charge in [0.25, 0.3) is 5.22 Å². The third-order valence-corrected chi connectivity index (χ3v) is 2.75. The van der Waals surface area contributed by atoms with Crippen LogP contribution in [0, 0.1) is 6.92 Å². The molecule has 0 bridgehead atoms. The SMILES string of the molecule is Cc1cccc(Sc2nc(C(=O)O)co2)c1. The Kier molecular flexibility index (Phi) is 2.96. The summed E-state index contributed by atoms with van der Waals surface area (Å²) in [5, 5.41) is 9.01. The Morgan fingerprint density at radius 2 is 2.31 bits per heavy atom. The number of aromatic carboxylic acids is 1. The fourth-order valence-electron chi connectivity index (χ4n) is 1.18. The van der Waals surface area contributed by atoms with Crippen molar-refractivity contribution in [3.63, 3.8) is 0 Å². The largest absolute Gasteiger partial charge is 0.476 e. The standard InChI is InChI=1S/C11H9NO3S/c1-7-3-2-4-8(5-7)16-11-12-9(6-15-11)10(13)14/h2-6H,1H3,(H,13,14). The molecule has 1 heterocycles. The lowest BCUT2D eigenvalue weighted by Gasteiger charge is -1.97. The average molecular weight is 235 g/mol. The van der Waals surface area contributed by atoms with E-state index in [4.69, 9.17) is 9.52 Å². The maximum absolute atomic E-state index is 10.6. The van der Waals surface area contributed by atoms with Gasteiger partial charge in [-0.25, -0.2) is 4.79 Å². The van der Waals surface area contributed by atoms with Gasteiger partial charge in [0.05, 0.1) is 0 Å². The molecule has 0 amide bonds. The van der Waals surface area contributed by atoms with Crippen molar-refractivity contribution in [2.75, 3.05) is 0 Å². The normalized spacial score (nSPS) is 10.3. The van der Waals surface area contributed by atoms with Crippen LogP contribution in [0.5, 0.6) is 0 Å². The molecular formula is C11H9NO3S. The Labute approximate surface area is 96.3 Å². The molecular weight excluding hydrogens is 226 g/mol. The zero-order valence-corrected chi connectivity index (χ0v) is 9.32. The van der Waals surface area contributed by atoms with Crippen LogP contribution in [0.2, 0.25) is 0 Å². The number of oxazole rings is 1. The summed E-state index contributed by atoms with van der Waals surface area (Å²) in [5.74, 6) is -1.08. The minimum absolute atomic E-state index is 0.0739. The predicted octanol–water partition coefficient (Wildman–Crippen LogP) is 2.83. The summed E-state index contributed by atoms with van der Waals surface area (Å²) in [6, 6.07) is 7.82. The summed E-state index contributed by atoms with van der Waals surface area (Å²) >= 11 is 1.30. The summed E-state index contributed by atoms with van der Waals surface area (Å²) in [4.78, 5) is 15.4. The lowest BCUT2D eigenvalue weighted by Crippen LogP contribution is -1.95. The van der Waals surface area contributed by atoms with Crippen molar-refractivity contribution in [3.05, 3.63) is 41.8 Å². The van der Waals surface area contributed by atoms with Crippen LogP contribution in [0.15, 0.2) is 45.1 Å². The predicted molar refractivity (Wildman–Crippen MR) is 58.8 cm³/mol. The molecule has 0 aliphatic rings. The fourth-order valence-corrected chi connectivity index (χ4v) is 2.02. The van der Waals surface area contributed by atoms with E-state index in [0.29, 0.717) is 5.22 Å². The Morgan fingerprint density at radius 3 is 2.94 bits per heavy atom. The first-order valence-corrected chi connectivity index (χ1v) is 5.40. The van der Waals surface area contributed by atoms with E-state index in [2.05, 4.69) is 4.98 Å². The van der Waals surface area contributed by atoms with Crippen LogP contribution >= 0.6 is 11.8 Å². The number of aromatic nitrogens is 1. The van der Waals surface area contributed by atoms with Crippen molar-refractivity contribution in [1.29, 1.82) is 0 Å². The second-order valence-corrected chi connectivity index (χ2v) is 4.25. The molecule has 5 heteroatoms. The Hall–Kier alpha value is -1.75. The van der Waals surface area contributed by atoms with E-state index in [1.54, 1.807) is 0 Å². The summed E-state index contributed by atoms with van der Waals surface area (Å²) < 4.78 is 5.04. The molecule has 82 valence electrons. The zero-order valence-electron chi connectivity index (χ0n) is 8.51. The number of carboxylic acid groups (broad SMARTS) is 1. The van der Waals surface area contributed by atoms with Crippen LogP contribution in [-0.4, -0.2) is 16.1 Å². The molecule has 0 atom stereocenters. The van der Waals surface area contributed by atoms with Gasteiger partial charge in [-0.05, 0) is 30.8 Å². The van der Waals surface area contributed by atoms with Gasteiger partial charge >= 0.3 is 5.97 Å². The van der Waals surface area contributed by atoms with Gasteiger partial charge in [-0.1, -0.05) is 17.7 Å². The molecule has 1 aromatic carbocycles. The molecule has 2 aromatic rings. The highest BCUT2D eigenvalue weighted by Gasteiger charge is 2.11. The molecule has 0 fully saturated rings. The number of rotatable bonds is 3. The third kappa shape index (κ3) is 2.43. The van der Waals surface area contributed by atoms with Crippen LogP contribution in [0.25, 0.3) is 0 Å². The van der Waals surface area contributed by atoms with Gasteiger partial charge in [-0.15, -0.1) is 0 Å². The monoisotopic (exact) mass is 235 g/mol. The van der Waals surface area contributed by atoms with Crippen molar-refractivity contribution in [3.8, 4) is 0 Å². The van der Waals surface area contributed by atoms with E-state index in [0.717, 1.165) is 16.7 Å². The minimum atomic E-state index is -1.08. The second-order valence-electron chi connectivity index (χ2n) is 3.22. The van der Waals surface area contributed by atoms with E-state index in [1.165, 1.54) is 11.8 Å². The molecule has 4 nitrogen and oxygen atoms in total. The van der Waals surface area contributed by atoms with E-state index in [-0.39, 0.29) is 5.69 Å². The smallest absolute Gasteiger partial charge is 0.357 e. The highest BCUT2D eigenvalue weighted by molar-refractivity contribution is 7.99. The molecule has 2 rings (SSSR count). The molecule has 16 heavy (non-hydrogen) atoms. The zero-order chi connectivity index (χ0) is 11.5. The quantitative estimate of drug-likeness (QED) is 0.886. The Morgan fingerprint density at radius 1 is 1.50 bits per heavy atom. The lowest BCUT2D eigenvalue weighted by molar-refractivity contribution is 0.0690. The van der Waals surface area contributed by atoms with Gasteiger partial charge in [-0.2, -0.15) is 4.98 Å². The van der Waals surface area contributed by atoms with E-state index < -0.39 is 5.97 Å². The first-order chi connectivity index (χ1) is 7.65. The summed E-state index contributed by atoms with van der Waals surface area (Å²) in [6.07, 6.45) is 1.14. The maximum Gasteiger partial charge on any atom is 0.357 e. The van der Waals surface area contributed by atoms with Crippen LogP contribution in [0.4, 0.5) is 0 Å². The summed E-state index contributed by atoms with van der Waals surface area (Å²) in [6.45, 7) is 1.99. The van der Waals surface area contributed by atoms with Crippen LogP contribution < -0.4 is 0 Å². The topological polar surface area (TPSA) is 63.3 Å². The number of hydrogen-bond donors (Lipinski definition) is 1. The first-order valence-electron chi connectivity index (χ1n) is 4.58. The molecule has 0 unspecified atom stereocenters. The molecule has 0 saturated carbocycles. The van der Waals surface area contributed by atoms with Crippen LogP contribution in [-0.2, 0) is 0 Å². The summed E-state index contributed by atoms with van der Waals surface area (Å²) in [7, 11) is 0. The molecule has 0 spiro atoms. The molecule has 1 N–H and O–H groups in total. The summed E-state index contributed by atoms with van der Waals surface area (Å²) in [5.41, 5.74) is 1.06.